The van der Waals surface area contributed by atoms with Crippen LogP contribution in [-0.4, -0.2) is 44.8 Å². The van der Waals surface area contributed by atoms with Gasteiger partial charge >= 0.3 is 0 Å². The first-order valence-electron chi connectivity index (χ1n) is 9.22. The number of aromatic nitrogens is 3. The smallest absolute Gasteiger partial charge is 0.287 e. The Kier molecular flexibility index (Phi) is 4.61. The van der Waals surface area contributed by atoms with Crippen LogP contribution in [0, 0.1) is 13.8 Å². The number of nitrogens with one attached hydrogen (secondary N) is 1. The van der Waals surface area contributed by atoms with E-state index in [2.05, 4.69) is 45.3 Å². The van der Waals surface area contributed by atoms with Crippen molar-refractivity contribution in [2.24, 2.45) is 0 Å². The molecular weight excluding hydrogens is 342 g/mol. The fraction of sp³-hybridized carbons (Fsp3) is 0.400. The predicted molar refractivity (Wildman–Crippen MR) is 102 cm³/mol. The third kappa shape index (κ3) is 3.68. The number of hydrogen-bond acceptors (Lipinski definition) is 4. The Morgan fingerprint density at radius 1 is 1.33 bits per heavy atom. The summed E-state index contributed by atoms with van der Waals surface area (Å²) in [5.41, 5.74) is 3.35. The third-order valence-electron chi connectivity index (χ3n) is 5.16. The van der Waals surface area contributed by atoms with Crippen LogP contribution < -0.4 is 5.32 Å². The SMILES string of the molecule is Cc1cc(C)n(Cc2ccc(C(=O)NCC3Cn4cccc4CN3C)o2)n1. The van der Waals surface area contributed by atoms with Gasteiger partial charge in [-0.3, -0.25) is 14.4 Å². The monoisotopic (exact) mass is 367 g/mol. The van der Waals surface area contributed by atoms with E-state index in [1.54, 1.807) is 6.07 Å². The van der Waals surface area contributed by atoms with E-state index in [9.17, 15) is 4.79 Å². The molecule has 1 amide bonds. The Labute approximate surface area is 158 Å². The zero-order valence-electron chi connectivity index (χ0n) is 16.0. The van der Waals surface area contributed by atoms with Crippen LogP contribution in [0.2, 0.25) is 0 Å². The fourth-order valence-electron chi connectivity index (χ4n) is 3.61. The van der Waals surface area contributed by atoms with Gasteiger partial charge < -0.3 is 14.3 Å². The summed E-state index contributed by atoms with van der Waals surface area (Å²) in [6.07, 6.45) is 2.09. The summed E-state index contributed by atoms with van der Waals surface area (Å²) in [5, 5.41) is 7.43. The summed E-state index contributed by atoms with van der Waals surface area (Å²) in [6.45, 7) is 6.84. The van der Waals surface area contributed by atoms with E-state index in [4.69, 9.17) is 4.42 Å². The molecule has 0 aliphatic carbocycles. The van der Waals surface area contributed by atoms with Crippen molar-refractivity contribution in [3.63, 3.8) is 0 Å². The molecule has 4 heterocycles. The van der Waals surface area contributed by atoms with Gasteiger partial charge in [-0.15, -0.1) is 0 Å². The largest absolute Gasteiger partial charge is 0.454 e. The molecule has 1 aliphatic rings. The highest BCUT2D eigenvalue weighted by atomic mass is 16.4. The van der Waals surface area contributed by atoms with Crippen LogP contribution in [-0.2, 0) is 19.6 Å². The summed E-state index contributed by atoms with van der Waals surface area (Å²) in [4.78, 5) is 14.7. The molecule has 0 radical (unpaired) electrons. The lowest BCUT2D eigenvalue weighted by Crippen LogP contribution is -2.47. The molecule has 27 heavy (non-hydrogen) atoms. The first-order chi connectivity index (χ1) is 13.0. The number of nitrogens with zero attached hydrogens (tertiary/aromatic N) is 4. The fourth-order valence-corrected chi connectivity index (χ4v) is 3.61. The van der Waals surface area contributed by atoms with Crippen LogP contribution in [0.1, 0.15) is 33.4 Å². The maximum atomic E-state index is 12.5. The normalized spacial score (nSPS) is 17.1. The highest BCUT2D eigenvalue weighted by Gasteiger charge is 2.23. The van der Waals surface area contributed by atoms with Crippen LogP contribution in [0.4, 0.5) is 0 Å². The summed E-state index contributed by atoms with van der Waals surface area (Å²) in [5.74, 6) is 0.881. The number of amides is 1. The van der Waals surface area contributed by atoms with Crippen molar-refractivity contribution in [2.75, 3.05) is 13.6 Å². The summed E-state index contributed by atoms with van der Waals surface area (Å²) in [7, 11) is 2.09. The Bertz CT molecular complexity index is 951. The third-order valence-corrected chi connectivity index (χ3v) is 5.16. The van der Waals surface area contributed by atoms with Gasteiger partial charge in [0.05, 0.1) is 12.2 Å². The first-order valence-corrected chi connectivity index (χ1v) is 9.22. The zero-order valence-corrected chi connectivity index (χ0v) is 16.0. The minimum atomic E-state index is -0.179. The molecule has 3 aromatic rings. The molecule has 1 unspecified atom stereocenters. The number of rotatable bonds is 5. The maximum absolute atomic E-state index is 12.5. The van der Waals surface area contributed by atoms with Crippen molar-refractivity contribution in [1.29, 1.82) is 0 Å². The summed E-state index contributed by atoms with van der Waals surface area (Å²) >= 11 is 0. The molecular formula is C20H25N5O2. The second kappa shape index (κ2) is 7.08. The number of aryl methyl sites for hydroxylation is 2. The van der Waals surface area contributed by atoms with E-state index in [-0.39, 0.29) is 11.9 Å². The van der Waals surface area contributed by atoms with Gasteiger partial charge in [0.25, 0.3) is 5.91 Å². The van der Waals surface area contributed by atoms with E-state index in [0.717, 1.165) is 30.2 Å². The zero-order chi connectivity index (χ0) is 19.0. The van der Waals surface area contributed by atoms with Gasteiger partial charge in [0.1, 0.15) is 5.76 Å². The van der Waals surface area contributed by atoms with E-state index in [0.29, 0.717) is 18.8 Å². The number of carbonyl (C=O) groups excluding carboxylic acids is 1. The molecule has 142 valence electrons. The lowest BCUT2D eigenvalue weighted by molar-refractivity contribution is 0.0896. The van der Waals surface area contributed by atoms with Gasteiger partial charge in [0.2, 0.25) is 0 Å². The predicted octanol–water partition coefficient (Wildman–Crippen LogP) is 2.19. The van der Waals surface area contributed by atoms with Crippen LogP contribution in [0.5, 0.6) is 0 Å². The highest BCUT2D eigenvalue weighted by Crippen LogP contribution is 2.16. The van der Waals surface area contributed by atoms with Crippen molar-refractivity contribution in [2.45, 2.75) is 39.5 Å². The van der Waals surface area contributed by atoms with E-state index in [1.807, 2.05) is 30.7 Å². The van der Waals surface area contributed by atoms with E-state index >= 15 is 0 Å². The molecule has 0 aromatic carbocycles. The average molecular weight is 367 g/mol. The Morgan fingerprint density at radius 2 is 2.19 bits per heavy atom. The molecule has 7 nitrogen and oxygen atoms in total. The molecule has 7 heteroatoms. The van der Waals surface area contributed by atoms with E-state index < -0.39 is 0 Å². The maximum Gasteiger partial charge on any atom is 0.287 e. The second-order valence-corrected chi connectivity index (χ2v) is 7.28. The molecule has 0 fully saturated rings. The van der Waals surface area contributed by atoms with Crippen molar-refractivity contribution < 1.29 is 9.21 Å². The molecule has 1 N–H and O–H groups in total. The van der Waals surface area contributed by atoms with Crippen molar-refractivity contribution in [3.05, 3.63) is 65.1 Å². The van der Waals surface area contributed by atoms with Gasteiger partial charge in [-0.2, -0.15) is 5.10 Å². The van der Waals surface area contributed by atoms with Gasteiger partial charge in [-0.25, -0.2) is 0 Å². The van der Waals surface area contributed by atoms with Gasteiger partial charge in [-0.1, -0.05) is 0 Å². The number of fused-ring (bicyclic) bond motifs is 1. The minimum Gasteiger partial charge on any atom is -0.454 e. The van der Waals surface area contributed by atoms with Crippen molar-refractivity contribution >= 4 is 5.91 Å². The number of hydrogen-bond donors (Lipinski definition) is 1. The average Bonchev–Trinajstić information content (AvgIpc) is 3.33. The second-order valence-electron chi connectivity index (χ2n) is 7.28. The Hall–Kier alpha value is -2.80. The molecule has 0 saturated heterocycles. The standard InChI is InChI=1S/C20H25N5O2/c1-14-9-15(2)25(22-14)13-18-6-7-19(27-18)20(26)21-10-17-12-24-8-4-5-16(24)11-23(17)3/h4-9,17H,10-13H2,1-3H3,(H,21,26). The lowest BCUT2D eigenvalue weighted by Gasteiger charge is -2.34. The summed E-state index contributed by atoms with van der Waals surface area (Å²) < 4.78 is 9.86. The molecule has 0 spiro atoms. The quantitative estimate of drug-likeness (QED) is 0.751. The number of likely N-dealkylation sites (N-methyl/N-ethyl adjacent to an activating group) is 1. The van der Waals surface area contributed by atoms with Crippen molar-refractivity contribution in [1.82, 2.24) is 24.6 Å². The van der Waals surface area contributed by atoms with Crippen LogP contribution in [0.3, 0.4) is 0 Å². The van der Waals surface area contributed by atoms with Crippen LogP contribution >= 0.6 is 0 Å². The minimum absolute atomic E-state index is 0.179. The number of furan rings is 1. The van der Waals surface area contributed by atoms with Gasteiger partial charge in [-0.05, 0) is 51.2 Å². The Morgan fingerprint density at radius 3 is 2.96 bits per heavy atom. The van der Waals surface area contributed by atoms with Crippen LogP contribution in [0.25, 0.3) is 0 Å². The molecule has 0 saturated carbocycles. The Balaban J connectivity index is 1.35. The first kappa shape index (κ1) is 17.6. The number of carbonyl (C=O) groups is 1. The topological polar surface area (TPSA) is 68.2 Å². The molecule has 0 bridgehead atoms. The molecule has 3 aromatic heterocycles. The molecule has 4 rings (SSSR count). The molecule has 1 atom stereocenters. The molecule has 1 aliphatic heterocycles. The van der Waals surface area contributed by atoms with Crippen LogP contribution in [0.15, 0.2) is 40.9 Å². The van der Waals surface area contributed by atoms with Crippen molar-refractivity contribution in [3.8, 4) is 0 Å². The lowest BCUT2D eigenvalue weighted by atomic mass is 10.2. The highest BCUT2D eigenvalue weighted by molar-refractivity contribution is 5.91. The van der Waals surface area contributed by atoms with E-state index in [1.165, 1.54) is 5.69 Å². The van der Waals surface area contributed by atoms with Gasteiger partial charge in [0, 0.05) is 43.3 Å². The van der Waals surface area contributed by atoms with Gasteiger partial charge in [0.15, 0.2) is 5.76 Å². The summed E-state index contributed by atoms with van der Waals surface area (Å²) in [6, 6.07) is 10.1.